The smallest absolute Gasteiger partial charge is 1.00 e. The number of carboxylic acid groups (broad SMARTS) is 1. The van der Waals surface area contributed by atoms with Crippen molar-refractivity contribution in [1.29, 1.82) is 0 Å². The summed E-state index contributed by atoms with van der Waals surface area (Å²) in [4.78, 5) is 9.51. The Morgan fingerprint density at radius 3 is 0.909 bits per heavy atom. The van der Waals surface area contributed by atoms with E-state index in [-0.39, 0.29) is 20.3 Å². The van der Waals surface area contributed by atoms with Crippen molar-refractivity contribution in [2.75, 3.05) is 0 Å². The monoisotopic (exact) mass is 355 g/mol. The normalized spacial score (nSPS) is 10.8. The average molecular weight is 354 g/mol. The van der Waals surface area contributed by atoms with Crippen molar-refractivity contribution in [3.8, 4) is 0 Å². The van der Waals surface area contributed by atoms with E-state index in [0.717, 1.165) is 6.08 Å². The predicted octanol–water partition coefficient (Wildman–Crippen LogP) is 1.66. The van der Waals surface area contributed by atoms with Gasteiger partial charge >= 0.3 is 46.6 Å². The van der Waals surface area contributed by atoms with Gasteiger partial charge in [-0.15, -0.1) is 0 Å². The fourth-order valence-electron chi connectivity index (χ4n) is 0.143. The van der Waals surface area contributed by atoms with Gasteiger partial charge in [-0.3, -0.25) is 0 Å². The first kappa shape index (κ1) is 32.9. The average Bonchev–Trinajstić information content (AvgIpc) is 1.91. The van der Waals surface area contributed by atoms with Crippen LogP contribution in [0.4, 0.5) is 51.8 Å². The first-order valence-electron chi connectivity index (χ1n) is 4.25. The molecule has 0 aromatic carbocycles. The molecule has 0 amide bonds. The molecule has 22 heavy (non-hydrogen) atoms. The van der Waals surface area contributed by atoms with Gasteiger partial charge in [-0.25, -0.2) is 4.79 Å². The van der Waals surface area contributed by atoms with Gasteiger partial charge in [0.15, 0.2) is 0 Å². The third-order valence-electron chi connectivity index (χ3n) is 0.309. The van der Waals surface area contributed by atoms with Crippen LogP contribution in [0.5, 0.6) is 0 Å². The van der Waals surface area contributed by atoms with E-state index in [9.17, 15) is 56.6 Å². The molecule has 0 atom stereocenters. The molecule has 1 N–H and O–H groups in total. The number of carboxylic acids is 1. The summed E-state index contributed by atoms with van der Waals surface area (Å²) >= 11 is 0. The van der Waals surface area contributed by atoms with Gasteiger partial charge in [0, 0.05) is 6.08 Å². The van der Waals surface area contributed by atoms with Crippen molar-refractivity contribution >= 4 is 27.7 Å². The van der Waals surface area contributed by atoms with Gasteiger partial charge in [-0.1, -0.05) is 6.08 Å². The number of rotatable bonds is 1. The number of halogens is 12. The zero-order chi connectivity index (χ0) is 18.5. The quantitative estimate of drug-likeness (QED) is 0.442. The van der Waals surface area contributed by atoms with Crippen LogP contribution in [-0.4, -0.2) is 32.8 Å². The predicted molar refractivity (Wildman–Crippen MR) is 54.1 cm³/mol. The summed E-state index contributed by atoms with van der Waals surface area (Å²) < 4.78 is 117. The van der Waals surface area contributed by atoms with Crippen molar-refractivity contribution in [1.82, 2.24) is 0 Å². The van der Waals surface area contributed by atoms with E-state index < -0.39 is 27.7 Å². The minimum absolute atomic E-state index is 0. The Morgan fingerprint density at radius 1 is 0.773 bits per heavy atom. The summed E-state index contributed by atoms with van der Waals surface area (Å²) in [6, 6.07) is 0. The molecule has 0 bridgehead atoms. The van der Waals surface area contributed by atoms with Gasteiger partial charge in [-0.2, -0.15) is 0 Å². The largest absolute Gasteiger partial charge is 1.00 e. The molecule has 0 aromatic rings. The SMILES string of the molecule is C/C=C/C(=O)O.F[B-](F)(F)F.F[B-](F)(F)F.F[B-](F)(F)F.[H-].[Li+]. The van der Waals surface area contributed by atoms with E-state index in [1.54, 1.807) is 6.92 Å². The Labute approximate surface area is 129 Å². The fourth-order valence-corrected chi connectivity index (χ4v) is 0.143. The van der Waals surface area contributed by atoms with E-state index in [2.05, 4.69) is 0 Å². The van der Waals surface area contributed by atoms with Crippen molar-refractivity contribution in [2.24, 2.45) is 0 Å². The summed E-state index contributed by atoms with van der Waals surface area (Å²) in [5, 5.41) is 7.83. The molecule has 0 radical (unpaired) electrons. The molecule has 0 aliphatic rings. The standard InChI is InChI=1S/C4H6O2.3BF4.Li.H/c1-2-3-4(5)6;3*2-1(3,4)5;;/h2-3H,1H3,(H,5,6);;;;;/q;3*-1;+1;-1/b3-2+;;;;;. The van der Waals surface area contributed by atoms with Crippen molar-refractivity contribution in [3.63, 3.8) is 0 Å². The summed E-state index contributed by atoms with van der Waals surface area (Å²) in [5.41, 5.74) is 0. The number of hydrogen-bond donors (Lipinski definition) is 1. The number of carbonyl (C=O) groups is 1. The van der Waals surface area contributed by atoms with E-state index in [1.165, 1.54) is 6.08 Å². The van der Waals surface area contributed by atoms with Gasteiger partial charge < -0.3 is 58.3 Å². The first-order chi connectivity index (χ1) is 8.77. The molecule has 0 unspecified atom stereocenters. The number of allylic oxidation sites excluding steroid dienone is 1. The fraction of sp³-hybridized carbons (Fsp3) is 0.250. The second kappa shape index (κ2) is 15.1. The van der Waals surface area contributed by atoms with E-state index in [0.29, 0.717) is 0 Å². The van der Waals surface area contributed by atoms with Crippen LogP contribution >= 0.6 is 0 Å². The molecule has 0 saturated carbocycles. The summed E-state index contributed by atoms with van der Waals surface area (Å²) in [6.45, 7) is 1.66. The van der Waals surface area contributed by atoms with Gasteiger partial charge in [0.05, 0.1) is 0 Å². The molecule has 0 spiro atoms. The maximum Gasteiger partial charge on any atom is 1.00 e. The van der Waals surface area contributed by atoms with Crippen LogP contribution in [0.15, 0.2) is 12.2 Å². The Hall–Kier alpha value is -0.838. The van der Waals surface area contributed by atoms with Crippen LogP contribution in [0.25, 0.3) is 0 Å². The number of hydrogen-bond acceptors (Lipinski definition) is 1. The Bertz CT molecular complexity index is 245. The zero-order valence-electron chi connectivity index (χ0n) is 11.8. The first-order valence-corrected chi connectivity index (χ1v) is 4.25. The van der Waals surface area contributed by atoms with Gasteiger partial charge in [0.2, 0.25) is 0 Å². The van der Waals surface area contributed by atoms with Crippen molar-refractivity contribution in [2.45, 2.75) is 6.92 Å². The van der Waals surface area contributed by atoms with Gasteiger partial charge in [0.1, 0.15) is 0 Å². The van der Waals surface area contributed by atoms with Crippen LogP contribution in [0.2, 0.25) is 0 Å². The topological polar surface area (TPSA) is 37.3 Å². The molecule has 0 saturated heterocycles. The van der Waals surface area contributed by atoms with Crippen molar-refractivity contribution in [3.05, 3.63) is 12.2 Å². The summed E-state index contributed by atoms with van der Waals surface area (Å²) in [5.74, 6) is -0.891. The molecule has 0 rings (SSSR count). The van der Waals surface area contributed by atoms with Gasteiger partial charge in [-0.05, 0) is 6.92 Å². The number of aliphatic carboxylic acids is 1. The molecule has 0 heterocycles. The third-order valence-corrected chi connectivity index (χ3v) is 0.309. The summed E-state index contributed by atoms with van der Waals surface area (Å²) in [6.07, 6.45) is 2.56. The zero-order valence-corrected chi connectivity index (χ0v) is 10.8. The Kier molecular flexibility index (Phi) is 22.6. The van der Waals surface area contributed by atoms with E-state index in [4.69, 9.17) is 5.11 Å². The maximum atomic E-state index is 9.75. The van der Waals surface area contributed by atoms with Crippen molar-refractivity contribution < 1.29 is 82.0 Å². The Balaban J connectivity index is -0.0000000408. The molecule has 2 nitrogen and oxygen atoms in total. The third kappa shape index (κ3) is 1350. The van der Waals surface area contributed by atoms with Gasteiger partial charge in [0.25, 0.3) is 0 Å². The molecule has 0 aromatic heterocycles. The molecular formula is C4H7B3F12LiO2-3. The molecule has 0 fully saturated rings. The van der Waals surface area contributed by atoms with Crippen LogP contribution < -0.4 is 18.9 Å². The maximum absolute atomic E-state index is 9.75. The molecule has 0 aliphatic heterocycles. The summed E-state index contributed by atoms with van der Waals surface area (Å²) in [7, 11) is -18.0. The molecular weight excluding hydrogens is 347 g/mol. The Morgan fingerprint density at radius 2 is 0.909 bits per heavy atom. The van der Waals surface area contributed by atoms with Crippen LogP contribution in [0, 0.1) is 0 Å². The van der Waals surface area contributed by atoms with E-state index in [1.807, 2.05) is 0 Å². The molecule has 132 valence electrons. The molecule has 18 heteroatoms. The minimum Gasteiger partial charge on any atom is -1.00 e. The van der Waals surface area contributed by atoms with E-state index >= 15 is 0 Å². The second-order valence-corrected chi connectivity index (χ2v) is 2.32. The second-order valence-electron chi connectivity index (χ2n) is 2.32. The minimum atomic E-state index is -6.00. The van der Waals surface area contributed by atoms with Crippen LogP contribution in [-0.2, 0) is 4.79 Å². The van der Waals surface area contributed by atoms with Crippen LogP contribution in [0.3, 0.4) is 0 Å². The van der Waals surface area contributed by atoms with Crippen LogP contribution in [0.1, 0.15) is 8.35 Å². The molecule has 0 aliphatic carbocycles.